The number of H-pyrrole nitrogens is 2. The predicted molar refractivity (Wildman–Crippen MR) is 154 cm³/mol. The minimum atomic E-state index is -0.525. The van der Waals surface area contributed by atoms with E-state index < -0.39 is 11.4 Å². The molecule has 0 aliphatic carbocycles. The largest absolute Gasteiger partial charge is 0.382 e. The smallest absolute Gasteiger partial charge is 0.280 e. The summed E-state index contributed by atoms with van der Waals surface area (Å²) in [6, 6.07) is 0.615. The Hall–Kier alpha value is -5.15. The predicted octanol–water partition coefficient (Wildman–Crippen LogP) is 2.72. The first kappa shape index (κ1) is 28.8. The van der Waals surface area contributed by atoms with Crippen LogP contribution in [0.3, 0.4) is 0 Å². The van der Waals surface area contributed by atoms with E-state index in [0.717, 1.165) is 5.65 Å². The minimum absolute atomic E-state index is 0.0289. The van der Waals surface area contributed by atoms with E-state index in [9.17, 15) is 14.0 Å². The lowest BCUT2D eigenvalue weighted by Gasteiger charge is -2.06. The number of hydrogen-bond acceptors (Lipinski definition) is 10. The van der Waals surface area contributed by atoms with Crippen LogP contribution in [-0.4, -0.2) is 53.6 Å². The minimum Gasteiger partial charge on any atom is -0.382 e. The highest BCUT2D eigenvalue weighted by atomic mass is 19.1. The molecule has 0 radical (unpaired) electrons. The van der Waals surface area contributed by atoms with Crippen LogP contribution in [0.1, 0.15) is 59.7 Å². The zero-order chi connectivity index (χ0) is 30.0. The van der Waals surface area contributed by atoms with Gasteiger partial charge in [0.05, 0.1) is 19.0 Å². The molecule has 0 atom stereocenters. The van der Waals surface area contributed by atoms with Gasteiger partial charge in [-0.1, -0.05) is 0 Å². The lowest BCUT2D eigenvalue weighted by molar-refractivity contribution is 0.585. The standard InChI is InChI=1S/C9H10FN3O.C8H11N5O.C8H11N5/c1-5(2)13-3-6(10)7-8(13)11-4-12-9(7)14;1-4(2)13-3-10-5-6(13)11-8(9)12-7(5)14;1-5(2)13-4-12-6-7(9)10-3-11-8(6)13/h3-5H,1-2H3,(H,11,12,14);3-4H,1-2H3,(H3,9,11,12,14);3-5H,1-2H3,(H2,9,10,11). The van der Waals surface area contributed by atoms with Crippen LogP contribution < -0.4 is 22.6 Å². The van der Waals surface area contributed by atoms with Crippen molar-refractivity contribution >= 4 is 45.1 Å². The van der Waals surface area contributed by atoms with Crippen LogP contribution in [0, 0.1) is 5.82 Å². The summed E-state index contributed by atoms with van der Waals surface area (Å²) in [5, 5.41) is 0.0289. The molecule has 0 amide bonds. The van der Waals surface area contributed by atoms with Crippen LogP contribution in [0.4, 0.5) is 16.2 Å². The fraction of sp³-hybridized carbons (Fsp3) is 0.360. The van der Waals surface area contributed by atoms with Crippen LogP contribution in [0.2, 0.25) is 0 Å². The molecule has 6 aromatic heterocycles. The summed E-state index contributed by atoms with van der Waals surface area (Å²) >= 11 is 0. The van der Waals surface area contributed by atoms with Gasteiger partial charge < -0.3 is 30.2 Å². The molecule has 0 unspecified atom stereocenters. The second kappa shape index (κ2) is 11.5. The first-order chi connectivity index (χ1) is 19.4. The van der Waals surface area contributed by atoms with Crippen molar-refractivity contribution < 1.29 is 4.39 Å². The summed E-state index contributed by atoms with van der Waals surface area (Å²) in [4.78, 5) is 51.5. The number of fused-ring (bicyclic) bond motifs is 3. The van der Waals surface area contributed by atoms with E-state index in [-0.39, 0.29) is 29.0 Å². The highest BCUT2D eigenvalue weighted by molar-refractivity contribution is 5.81. The molecule has 0 aromatic carbocycles. The molecular formula is C25H32FN13O2. The van der Waals surface area contributed by atoms with Gasteiger partial charge in [0.25, 0.3) is 11.1 Å². The average molecular weight is 566 g/mol. The number of nitrogens with two attached hydrogens (primary N) is 2. The van der Waals surface area contributed by atoms with Crippen molar-refractivity contribution in [2.45, 2.75) is 59.7 Å². The van der Waals surface area contributed by atoms with Crippen LogP contribution in [0.15, 0.2) is 41.1 Å². The van der Waals surface area contributed by atoms with Crippen LogP contribution in [0.25, 0.3) is 33.4 Å². The third-order valence-corrected chi connectivity index (χ3v) is 6.08. The Balaban J connectivity index is 0.000000142. The fourth-order valence-electron chi connectivity index (χ4n) is 4.01. The maximum Gasteiger partial charge on any atom is 0.280 e. The molecule has 0 aliphatic rings. The van der Waals surface area contributed by atoms with Crippen molar-refractivity contribution in [3.8, 4) is 0 Å². The van der Waals surface area contributed by atoms with Gasteiger partial charge in [-0.15, -0.1) is 0 Å². The van der Waals surface area contributed by atoms with Crippen molar-refractivity contribution in [1.29, 1.82) is 0 Å². The third-order valence-electron chi connectivity index (χ3n) is 6.08. The SMILES string of the molecule is CC(C)n1cc(F)c2c(=O)[nH]cnc21.CC(C)n1cnc2c(=O)[nH]c(N)nc21.CC(C)n1cnc2c(N)ncnc21. The van der Waals surface area contributed by atoms with Crippen molar-refractivity contribution in [2.75, 3.05) is 11.5 Å². The average Bonchev–Trinajstić information content (AvgIpc) is 3.61. The monoisotopic (exact) mass is 565 g/mol. The Kier molecular flexibility index (Phi) is 8.11. The lowest BCUT2D eigenvalue weighted by Crippen LogP contribution is -2.12. The summed E-state index contributed by atoms with van der Waals surface area (Å²) in [7, 11) is 0. The van der Waals surface area contributed by atoms with Crippen molar-refractivity contribution in [3.63, 3.8) is 0 Å². The first-order valence-corrected chi connectivity index (χ1v) is 12.8. The Bertz CT molecular complexity index is 1930. The number of nitrogens with one attached hydrogen (secondary N) is 2. The summed E-state index contributed by atoms with van der Waals surface area (Å²) in [6.45, 7) is 11.9. The highest BCUT2D eigenvalue weighted by Crippen LogP contribution is 2.19. The molecule has 6 rings (SSSR count). The number of hydrogen-bond donors (Lipinski definition) is 4. The number of nitrogen functional groups attached to an aromatic ring is 2. The number of rotatable bonds is 3. The lowest BCUT2D eigenvalue weighted by atomic mass is 10.4. The molecule has 6 N–H and O–H groups in total. The van der Waals surface area contributed by atoms with E-state index in [1.807, 2.05) is 32.3 Å². The van der Waals surface area contributed by atoms with Gasteiger partial charge in [-0.3, -0.25) is 14.6 Å². The molecular weight excluding hydrogens is 533 g/mol. The van der Waals surface area contributed by atoms with Gasteiger partial charge in [-0.2, -0.15) is 4.98 Å². The fourth-order valence-corrected chi connectivity index (χ4v) is 4.01. The van der Waals surface area contributed by atoms with Gasteiger partial charge in [-0.05, 0) is 41.5 Å². The molecule has 6 heterocycles. The van der Waals surface area contributed by atoms with Gasteiger partial charge >= 0.3 is 0 Å². The van der Waals surface area contributed by atoms with Crippen molar-refractivity contribution in [2.24, 2.45) is 0 Å². The van der Waals surface area contributed by atoms with Crippen LogP contribution >= 0.6 is 0 Å². The zero-order valence-corrected chi connectivity index (χ0v) is 23.5. The summed E-state index contributed by atoms with van der Waals surface area (Å²) < 4.78 is 18.8. The summed E-state index contributed by atoms with van der Waals surface area (Å²) in [6.07, 6.45) is 7.37. The Morgan fingerprint density at radius 2 is 1.37 bits per heavy atom. The van der Waals surface area contributed by atoms with E-state index >= 15 is 0 Å². The number of aromatic amines is 2. The summed E-state index contributed by atoms with van der Waals surface area (Å²) in [5.74, 6) is 0.0253. The van der Waals surface area contributed by atoms with Crippen molar-refractivity contribution in [3.05, 3.63) is 58.0 Å². The van der Waals surface area contributed by atoms with E-state index in [0.29, 0.717) is 34.2 Å². The highest BCUT2D eigenvalue weighted by Gasteiger charge is 2.14. The normalized spacial score (nSPS) is 11.4. The topological polar surface area (TPSA) is 210 Å². The van der Waals surface area contributed by atoms with E-state index in [2.05, 4.69) is 53.7 Å². The maximum absolute atomic E-state index is 13.3. The number of nitrogens with zero attached hydrogens (tertiary/aromatic N) is 9. The second-order valence-corrected chi connectivity index (χ2v) is 9.95. The molecule has 15 nitrogen and oxygen atoms in total. The molecule has 16 heteroatoms. The van der Waals surface area contributed by atoms with Gasteiger partial charge in [-0.25, -0.2) is 29.3 Å². The quantitative estimate of drug-likeness (QED) is 0.246. The number of imidazole rings is 2. The first-order valence-electron chi connectivity index (χ1n) is 12.8. The molecule has 0 saturated heterocycles. The number of anilines is 2. The molecule has 0 saturated carbocycles. The molecule has 216 valence electrons. The van der Waals surface area contributed by atoms with Crippen LogP contribution in [-0.2, 0) is 0 Å². The Labute approximate surface area is 232 Å². The zero-order valence-electron chi connectivity index (χ0n) is 23.5. The van der Waals surface area contributed by atoms with Crippen molar-refractivity contribution in [1.82, 2.24) is 53.6 Å². The third kappa shape index (κ3) is 5.75. The number of halogens is 1. The maximum atomic E-state index is 13.3. The molecule has 0 spiro atoms. The molecule has 0 fully saturated rings. The number of aromatic nitrogens is 11. The van der Waals surface area contributed by atoms with E-state index in [1.165, 1.54) is 18.9 Å². The van der Waals surface area contributed by atoms with Crippen LogP contribution in [0.5, 0.6) is 0 Å². The van der Waals surface area contributed by atoms with E-state index in [4.69, 9.17) is 11.5 Å². The second-order valence-electron chi connectivity index (χ2n) is 9.95. The van der Waals surface area contributed by atoms with Gasteiger partial charge in [0.2, 0.25) is 5.95 Å². The molecule has 41 heavy (non-hydrogen) atoms. The van der Waals surface area contributed by atoms with Gasteiger partial charge in [0.15, 0.2) is 34.1 Å². The Morgan fingerprint density at radius 3 is 2.00 bits per heavy atom. The molecule has 0 bridgehead atoms. The van der Waals surface area contributed by atoms with E-state index in [1.54, 1.807) is 21.8 Å². The van der Waals surface area contributed by atoms with Gasteiger partial charge in [0.1, 0.15) is 17.2 Å². The summed E-state index contributed by atoms with van der Waals surface area (Å²) in [5.41, 5.74) is 13.1. The molecule has 0 aliphatic heterocycles. The Morgan fingerprint density at radius 1 is 0.756 bits per heavy atom. The van der Waals surface area contributed by atoms with Gasteiger partial charge in [0, 0.05) is 24.3 Å². The molecule has 6 aromatic rings.